The van der Waals surface area contributed by atoms with E-state index < -0.39 is 0 Å². The first-order valence-corrected chi connectivity index (χ1v) is 7.16. The predicted molar refractivity (Wildman–Crippen MR) is 80.0 cm³/mol. The van der Waals surface area contributed by atoms with Crippen LogP contribution in [-0.4, -0.2) is 18.6 Å². The smallest absolute Gasteiger partial charge is 0.119 e. The van der Waals surface area contributed by atoms with Crippen LogP contribution in [0.5, 0.6) is 5.75 Å². The van der Waals surface area contributed by atoms with Gasteiger partial charge in [-0.1, -0.05) is 12.1 Å². The van der Waals surface area contributed by atoms with Crippen molar-refractivity contribution in [2.75, 3.05) is 13.7 Å². The Balaban J connectivity index is 1.60. The number of fused-ring (bicyclic) bond motifs is 1. The molecule has 3 nitrogen and oxygen atoms in total. The number of pyridine rings is 1. The molecule has 1 unspecified atom stereocenters. The van der Waals surface area contributed by atoms with E-state index in [4.69, 9.17) is 4.74 Å². The van der Waals surface area contributed by atoms with Gasteiger partial charge in [-0.2, -0.15) is 0 Å². The van der Waals surface area contributed by atoms with Crippen LogP contribution >= 0.6 is 0 Å². The number of nitrogens with one attached hydrogen (secondary N) is 1. The highest BCUT2D eigenvalue weighted by molar-refractivity contribution is 5.40. The summed E-state index contributed by atoms with van der Waals surface area (Å²) in [5, 5.41) is 3.65. The van der Waals surface area contributed by atoms with E-state index in [1.165, 1.54) is 23.1 Å². The van der Waals surface area contributed by atoms with Gasteiger partial charge in [0.2, 0.25) is 0 Å². The molecule has 0 radical (unpaired) electrons. The third-order valence-electron chi connectivity index (χ3n) is 3.96. The summed E-state index contributed by atoms with van der Waals surface area (Å²) in [6, 6.07) is 11.0. The predicted octanol–water partition coefficient (Wildman–Crippen LogP) is 2.91. The minimum Gasteiger partial charge on any atom is -0.497 e. The Bertz CT molecular complexity index is 568. The highest BCUT2D eigenvalue weighted by Crippen LogP contribution is 2.33. The van der Waals surface area contributed by atoms with E-state index in [-0.39, 0.29) is 0 Å². The topological polar surface area (TPSA) is 34.1 Å². The van der Waals surface area contributed by atoms with Gasteiger partial charge in [0.25, 0.3) is 0 Å². The maximum Gasteiger partial charge on any atom is 0.119 e. The Kier molecular flexibility index (Phi) is 3.97. The molecule has 0 fully saturated rings. The van der Waals surface area contributed by atoms with Crippen LogP contribution in [0.1, 0.15) is 29.2 Å². The van der Waals surface area contributed by atoms with E-state index in [0.29, 0.717) is 6.04 Å². The molecule has 1 aliphatic carbocycles. The first kappa shape index (κ1) is 13.1. The van der Waals surface area contributed by atoms with Crippen molar-refractivity contribution in [3.63, 3.8) is 0 Å². The number of ether oxygens (including phenoxy) is 1. The minimum atomic E-state index is 0.455. The van der Waals surface area contributed by atoms with Crippen LogP contribution < -0.4 is 10.1 Å². The van der Waals surface area contributed by atoms with Gasteiger partial charge in [0.1, 0.15) is 5.75 Å². The number of rotatable bonds is 5. The van der Waals surface area contributed by atoms with Gasteiger partial charge in [-0.3, -0.25) is 4.98 Å². The van der Waals surface area contributed by atoms with Crippen molar-refractivity contribution < 1.29 is 4.74 Å². The summed E-state index contributed by atoms with van der Waals surface area (Å²) in [7, 11) is 1.72. The van der Waals surface area contributed by atoms with Crippen LogP contribution in [0.4, 0.5) is 0 Å². The van der Waals surface area contributed by atoms with Gasteiger partial charge >= 0.3 is 0 Å². The second kappa shape index (κ2) is 6.06. The molecule has 0 aliphatic heterocycles. The molecule has 1 aromatic carbocycles. The second-order valence-electron chi connectivity index (χ2n) is 5.22. The van der Waals surface area contributed by atoms with E-state index in [9.17, 15) is 0 Å². The van der Waals surface area contributed by atoms with Crippen LogP contribution in [0.25, 0.3) is 0 Å². The molecule has 3 heteroatoms. The summed E-state index contributed by atoms with van der Waals surface area (Å²) in [4.78, 5) is 4.15. The van der Waals surface area contributed by atoms with Crippen LogP contribution in [0, 0.1) is 0 Å². The Hall–Kier alpha value is -1.87. The molecule has 1 atom stereocenters. The lowest BCUT2D eigenvalue weighted by Crippen LogP contribution is -2.22. The van der Waals surface area contributed by atoms with Gasteiger partial charge in [0, 0.05) is 18.4 Å². The highest BCUT2D eigenvalue weighted by atomic mass is 16.5. The van der Waals surface area contributed by atoms with Crippen LogP contribution in [-0.2, 0) is 12.8 Å². The summed E-state index contributed by atoms with van der Waals surface area (Å²) in [5.74, 6) is 0.949. The summed E-state index contributed by atoms with van der Waals surface area (Å²) in [6.07, 6.45) is 7.10. The molecule has 3 rings (SSSR count). The van der Waals surface area contributed by atoms with Crippen LogP contribution in [0.2, 0.25) is 0 Å². The summed E-state index contributed by atoms with van der Waals surface area (Å²) >= 11 is 0. The van der Waals surface area contributed by atoms with Gasteiger partial charge in [-0.15, -0.1) is 0 Å². The van der Waals surface area contributed by atoms with Gasteiger partial charge in [0.05, 0.1) is 7.11 Å². The number of methoxy groups -OCH3 is 1. The summed E-state index contributed by atoms with van der Waals surface area (Å²) < 4.78 is 5.33. The van der Waals surface area contributed by atoms with Crippen LogP contribution in [0.3, 0.4) is 0 Å². The Morgan fingerprint density at radius 3 is 3.10 bits per heavy atom. The summed E-state index contributed by atoms with van der Waals surface area (Å²) in [6.45, 7) is 0.979. The van der Waals surface area contributed by atoms with Crippen molar-refractivity contribution in [2.24, 2.45) is 0 Å². The van der Waals surface area contributed by atoms with E-state index >= 15 is 0 Å². The van der Waals surface area contributed by atoms with E-state index in [1.54, 1.807) is 7.11 Å². The molecular weight excluding hydrogens is 248 g/mol. The fraction of sp³-hybridized carbons (Fsp3) is 0.353. The summed E-state index contributed by atoms with van der Waals surface area (Å²) in [5.41, 5.74) is 4.13. The van der Waals surface area contributed by atoms with E-state index in [1.807, 2.05) is 18.5 Å². The zero-order valence-electron chi connectivity index (χ0n) is 11.8. The van der Waals surface area contributed by atoms with Crippen molar-refractivity contribution in [1.82, 2.24) is 10.3 Å². The first-order chi connectivity index (χ1) is 9.86. The number of hydrogen-bond donors (Lipinski definition) is 1. The lowest BCUT2D eigenvalue weighted by Gasteiger charge is -2.14. The Morgan fingerprint density at radius 2 is 2.30 bits per heavy atom. The molecular formula is C17H20N2O. The normalized spacial score (nSPS) is 16.9. The van der Waals surface area contributed by atoms with Gasteiger partial charge in [-0.25, -0.2) is 0 Å². The Morgan fingerprint density at radius 1 is 1.35 bits per heavy atom. The zero-order chi connectivity index (χ0) is 13.8. The van der Waals surface area contributed by atoms with Gasteiger partial charge < -0.3 is 10.1 Å². The minimum absolute atomic E-state index is 0.455. The second-order valence-corrected chi connectivity index (χ2v) is 5.22. The maximum absolute atomic E-state index is 5.33. The number of aromatic nitrogens is 1. The standard InChI is InChI=1S/C17H20N2O/c1-20-15-6-4-14-5-7-17(16(14)11-15)19-10-8-13-3-2-9-18-12-13/h2-4,6,9,11-12,17,19H,5,7-8,10H2,1H3. The first-order valence-electron chi connectivity index (χ1n) is 7.16. The van der Waals surface area contributed by atoms with Gasteiger partial charge in [-0.05, 0) is 60.7 Å². The molecule has 0 saturated carbocycles. The van der Waals surface area contributed by atoms with Crippen molar-refractivity contribution in [2.45, 2.75) is 25.3 Å². The third kappa shape index (κ3) is 2.83. The van der Waals surface area contributed by atoms with Crippen molar-refractivity contribution in [1.29, 1.82) is 0 Å². The molecule has 1 N–H and O–H groups in total. The monoisotopic (exact) mass is 268 g/mol. The van der Waals surface area contributed by atoms with Crippen molar-refractivity contribution in [3.8, 4) is 5.75 Å². The Labute approximate surface area is 120 Å². The maximum atomic E-state index is 5.33. The SMILES string of the molecule is COc1ccc2c(c1)C(NCCc1cccnc1)CC2. The average Bonchev–Trinajstić information content (AvgIpc) is 2.91. The fourth-order valence-corrected chi connectivity index (χ4v) is 2.86. The highest BCUT2D eigenvalue weighted by Gasteiger charge is 2.22. The third-order valence-corrected chi connectivity index (χ3v) is 3.96. The zero-order valence-corrected chi connectivity index (χ0v) is 11.8. The molecule has 1 heterocycles. The van der Waals surface area contributed by atoms with Gasteiger partial charge in [0.15, 0.2) is 0 Å². The molecule has 1 aliphatic rings. The van der Waals surface area contributed by atoms with Crippen molar-refractivity contribution in [3.05, 3.63) is 59.4 Å². The largest absolute Gasteiger partial charge is 0.497 e. The number of nitrogens with zero attached hydrogens (tertiary/aromatic N) is 1. The van der Waals surface area contributed by atoms with E-state index in [0.717, 1.165) is 25.1 Å². The lowest BCUT2D eigenvalue weighted by atomic mass is 10.1. The van der Waals surface area contributed by atoms with Crippen LogP contribution in [0.15, 0.2) is 42.7 Å². The fourth-order valence-electron chi connectivity index (χ4n) is 2.86. The number of benzene rings is 1. The average molecular weight is 268 g/mol. The van der Waals surface area contributed by atoms with Crippen molar-refractivity contribution >= 4 is 0 Å². The molecule has 0 bridgehead atoms. The quantitative estimate of drug-likeness (QED) is 0.905. The molecule has 2 aromatic rings. The molecule has 0 spiro atoms. The molecule has 1 aromatic heterocycles. The molecule has 0 saturated heterocycles. The number of aryl methyl sites for hydroxylation is 1. The molecule has 104 valence electrons. The lowest BCUT2D eigenvalue weighted by molar-refractivity contribution is 0.413. The molecule has 0 amide bonds. The van der Waals surface area contributed by atoms with E-state index in [2.05, 4.69) is 34.6 Å². The molecule has 20 heavy (non-hydrogen) atoms. The number of hydrogen-bond acceptors (Lipinski definition) is 3.